The Balaban J connectivity index is 1.34. The summed E-state index contributed by atoms with van der Waals surface area (Å²) in [7, 11) is 1.61. The first kappa shape index (κ1) is 19.5. The van der Waals surface area contributed by atoms with Gasteiger partial charge < -0.3 is 18.9 Å². The van der Waals surface area contributed by atoms with E-state index in [0.29, 0.717) is 18.8 Å². The molecule has 3 atom stereocenters. The van der Waals surface area contributed by atoms with E-state index in [1.54, 1.807) is 31.4 Å². The van der Waals surface area contributed by atoms with Crippen LogP contribution in [0.2, 0.25) is 0 Å². The molecule has 2 aliphatic rings. The van der Waals surface area contributed by atoms with Crippen molar-refractivity contribution in [2.75, 3.05) is 7.11 Å². The quantitative estimate of drug-likeness (QED) is 0.718. The number of Topliss-reactive ketones (excluding diaryl/α,β-unsaturated/α-hetero) is 1. The first-order valence-electron chi connectivity index (χ1n) is 10.0. The standard InChI is InChI=1S/C24H26O5/c1-16-4-3-5-17(12-16)14-27-20-10-11-21-22(13-20)28-15-23(24(21)25)29-19-8-6-18(26-2)7-9-19/h3-9,12,15,20-22H,10-11,13-14H2,1-2H3. The summed E-state index contributed by atoms with van der Waals surface area (Å²) in [5.74, 6) is 1.42. The molecule has 1 fully saturated rings. The molecule has 1 heterocycles. The van der Waals surface area contributed by atoms with Gasteiger partial charge in [0.15, 0.2) is 0 Å². The smallest absolute Gasteiger partial charge is 0.207 e. The van der Waals surface area contributed by atoms with Crippen molar-refractivity contribution in [1.82, 2.24) is 0 Å². The third kappa shape index (κ3) is 4.62. The van der Waals surface area contributed by atoms with Gasteiger partial charge in [-0.1, -0.05) is 29.8 Å². The van der Waals surface area contributed by atoms with E-state index in [0.717, 1.165) is 18.6 Å². The van der Waals surface area contributed by atoms with E-state index in [-0.39, 0.29) is 29.7 Å². The minimum Gasteiger partial charge on any atom is -0.497 e. The van der Waals surface area contributed by atoms with Gasteiger partial charge in [-0.05, 0) is 49.6 Å². The number of hydrogen-bond acceptors (Lipinski definition) is 5. The number of fused-ring (bicyclic) bond motifs is 1. The summed E-state index contributed by atoms with van der Waals surface area (Å²) in [4.78, 5) is 12.9. The fourth-order valence-electron chi connectivity index (χ4n) is 3.95. The van der Waals surface area contributed by atoms with Gasteiger partial charge in [-0.15, -0.1) is 0 Å². The summed E-state index contributed by atoms with van der Waals surface area (Å²) in [5, 5.41) is 0. The van der Waals surface area contributed by atoms with Crippen molar-refractivity contribution >= 4 is 5.78 Å². The highest BCUT2D eigenvalue weighted by Crippen LogP contribution is 2.35. The molecule has 0 aromatic heterocycles. The minimum atomic E-state index is -0.174. The Morgan fingerprint density at radius 2 is 1.86 bits per heavy atom. The van der Waals surface area contributed by atoms with Gasteiger partial charge in [0.25, 0.3) is 0 Å². The van der Waals surface area contributed by atoms with Gasteiger partial charge in [0.1, 0.15) is 23.9 Å². The molecule has 1 aliphatic carbocycles. The van der Waals surface area contributed by atoms with Gasteiger partial charge >= 0.3 is 0 Å². The van der Waals surface area contributed by atoms with E-state index >= 15 is 0 Å². The average Bonchev–Trinajstić information content (AvgIpc) is 2.75. The molecule has 152 valence electrons. The zero-order valence-corrected chi connectivity index (χ0v) is 16.8. The SMILES string of the molecule is COc1ccc(OC2=COC3CC(OCc4cccc(C)c4)CCC3C2=O)cc1. The van der Waals surface area contributed by atoms with Crippen LogP contribution in [0.15, 0.2) is 60.6 Å². The number of methoxy groups -OCH3 is 1. The van der Waals surface area contributed by atoms with Gasteiger partial charge in [0.05, 0.1) is 25.7 Å². The summed E-state index contributed by atoms with van der Waals surface area (Å²) in [6, 6.07) is 15.5. The lowest BCUT2D eigenvalue weighted by Gasteiger charge is -2.37. The molecular weight excluding hydrogens is 368 g/mol. The number of aryl methyl sites for hydroxylation is 1. The highest BCUT2D eigenvalue weighted by molar-refractivity contribution is 5.96. The Morgan fingerprint density at radius 1 is 1.07 bits per heavy atom. The summed E-state index contributed by atoms with van der Waals surface area (Å²) in [6.07, 6.45) is 3.71. The zero-order chi connectivity index (χ0) is 20.2. The fraction of sp³-hybridized carbons (Fsp3) is 0.375. The van der Waals surface area contributed by atoms with Crippen LogP contribution in [-0.4, -0.2) is 25.1 Å². The Hall–Kier alpha value is -2.79. The number of ketones is 1. The van der Waals surface area contributed by atoms with E-state index in [1.807, 2.05) is 6.07 Å². The van der Waals surface area contributed by atoms with Crippen molar-refractivity contribution in [2.24, 2.45) is 5.92 Å². The van der Waals surface area contributed by atoms with Crippen LogP contribution in [0.1, 0.15) is 30.4 Å². The van der Waals surface area contributed by atoms with Gasteiger partial charge in [-0.3, -0.25) is 4.79 Å². The Labute approximate surface area is 171 Å². The fourth-order valence-corrected chi connectivity index (χ4v) is 3.95. The summed E-state index contributed by atoms with van der Waals surface area (Å²) in [5.41, 5.74) is 2.40. The van der Waals surface area contributed by atoms with Gasteiger partial charge in [0.2, 0.25) is 11.5 Å². The van der Waals surface area contributed by atoms with E-state index in [4.69, 9.17) is 18.9 Å². The van der Waals surface area contributed by atoms with Crippen LogP contribution in [0.5, 0.6) is 11.5 Å². The Bertz CT molecular complexity index is 886. The number of carbonyl (C=O) groups excluding carboxylic acids is 1. The number of carbonyl (C=O) groups is 1. The highest BCUT2D eigenvalue weighted by Gasteiger charge is 2.41. The molecule has 4 rings (SSSR count). The number of hydrogen-bond donors (Lipinski definition) is 0. The number of ether oxygens (including phenoxy) is 4. The van der Waals surface area contributed by atoms with Crippen molar-refractivity contribution in [1.29, 1.82) is 0 Å². The second kappa shape index (κ2) is 8.70. The predicted octanol–water partition coefficient (Wildman–Crippen LogP) is 4.58. The molecule has 3 unspecified atom stereocenters. The van der Waals surface area contributed by atoms with Crippen molar-refractivity contribution < 1.29 is 23.7 Å². The van der Waals surface area contributed by atoms with Crippen molar-refractivity contribution in [2.45, 2.75) is 45.0 Å². The lowest BCUT2D eigenvalue weighted by atomic mass is 9.80. The topological polar surface area (TPSA) is 54.0 Å². The van der Waals surface area contributed by atoms with E-state index in [1.165, 1.54) is 17.4 Å². The Morgan fingerprint density at radius 3 is 2.62 bits per heavy atom. The monoisotopic (exact) mass is 394 g/mol. The predicted molar refractivity (Wildman–Crippen MR) is 109 cm³/mol. The zero-order valence-electron chi connectivity index (χ0n) is 16.8. The van der Waals surface area contributed by atoms with Crippen LogP contribution < -0.4 is 9.47 Å². The van der Waals surface area contributed by atoms with Crippen LogP contribution in [0.3, 0.4) is 0 Å². The van der Waals surface area contributed by atoms with E-state index in [9.17, 15) is 4.79 Å². The Kier molecular flexibility index (Phi) is 5.86. The van der Waals surface area contributed by atoms with Crippen molar-refractivity contribution in [3.8, 4) is 11.5 Å². The summed E-state index contributed by atoms with van der Waals surface area (Å²) < 4.78 is 22.9. The molecule has 0 amide bonds. The van der Waals surface area contributed by atoms with Crippen molar-refractivity contribution in [3.05, 3.63) is 71.7 Å². The lowest BCUT2D eigenvalue weighted by Crippen LogP contribution is -2.42. The molecule has 5 nitrogen and oxygen atoms in total. The van der Waals surface area contributed by atoms with Crippen molar-refractivity contribution in [3.63, 3.8) is 0 Å². The molecular formula is C24H26O5. The molecule has 2 aromatic carbocycles. The summed E-state index contributed by atoms with van der Waals surface area (Å²) in [6.45, 7) is 2.66. The van der Waals surface area contributed by atoms with Crippen LogP contribution in [-0.2, 0) is 20.9 Å². The lowest BCUT2D eigenvalue weighted by molar-refractivity contribution is -0.134. The summed E-state index contributed by atoms with van der Waals surface area (Å²) >= 11 is 0. The molecule has 1 saturated carbocycles. The van der Waals surface area contributed by atoms with Crippen LogP contribution in [0, 0.1) is 12.8 Å². The number of rotatable bonds is 6. The molecule has 0 saturated heterocycles. The molecule has 5 heteroatoms. The molecule has 1 aliphatic heterocycles. The van der Waals surface area contributed by atoms with E-state index in [2.05, 4.69) is 25.1 Å². The van der Waals surface area contributed by atoms with E-state index < -0.39 is 0 Å². The maximum absolute atomic E-state index is 12.9. The van der Waals surface area contributed by atoms with Crippen LogP contribution in [0.4, 0.5) is 0 Å². The van der Waals surface area contributed by atoms with Gasteiger partial charge in [-0.2, -0.15) is 0 Å². The van der Waals surface area contributed by atoms with Gasteiger partial charge in [-0.25, -0.2) is 0 Å². The molecule has 0 spiro atoms. The second-order valence-electron chi connectivity index (χ2n) is 7.64. The average molecular weight is 394 g/mol. The minimum absolute atomic E-state index is 0.00852. The first-order chi connectivity index (χ1) is 14.1. The highest BCUT2D eigenvalue weighted by atomic mass is 16.5. The number of benzene rings is 2. The first-order valence-corrected chi connectivity index (χ1v) is 10.0. The molecule has 0 bridgehead atoms. The molecule has 0 N–H and O–H groups in total. The maximum atomic E-state index is 12.9. The number of allylic oxidation sites excluding steroid dienone is 1. The van der Waals surface area contributed by atoms with Crippen LogP contribution >= 0.6 is 0 Å². The molecule has 2 aromatic rings. The van der Waals surface area contributed by atoms with Gasteiger partial charge in [0, 0.05) is 6.42 Å². The second-order valence-corrected chi connectivity index (χ2v) is 7.64. The third-order valence-corrected chi connectivity index (χ3v) is 5.53. The molecule has 0 radical (unpaired) electrons. The third-order valence-electron chi connectivity index (χ3n) is 5.53. The largest absolute Gasteiger partial charge is 0.497 e. The maximum Gasteiger partial charge on any atom is 0.207 e. The van der Waals surface area contributed by atoms with Crippen LogP contribution in [0.25, 0.3) is 0 Å². The normalized spacial score (nSPS) is 23.6. The molecule has 29 heavy (non-hydrogen) atoms.